The van der Waals surface area contributed by atoms with Gasteiger partial charge < -0.3 is 14.4 Å². The number of hydrogen-bond acceptors (Lipinski definition) is 2. The highest BCUT2D eigenvalue weighted by Gasteiger charge is 2.47. The number of benzene rings is 16. The topological polar surface area (TPSA) is 11.4 Å². The highest BCUT2D eigenvalue weighted by Crippen LogP contribution is 2.55. The fourth-order valence-electron chi connectivity index (χ4n) is 17.2. The van der Waals surface area contributed by atoms with Crippen LogP contribution in [0.1, 0.15) is 63.6 Å². The second-order valence-corrected chi connectivity index (χ2v) is 34.7. The van der Waals surface area contributed by atoms with Gasteiger partial charge in [0.15, 0.2) is 8.07 Å². The van der Waals surface area contributed by atoms with Gasteiger partial charge in [-0.05, 0) is 170 Å². The molecule has 0 amide bonds. The van der Waals surface area contributed by atoms with Crippen LogP contribution in [-0.4, -0.2) is 19.4 Å². The molecule has 0 fully saturated rings. The molecule has 109 heavy (non-hydrogen) atoms. The van der Waals surface area contributed by atoms with E-state index in [1.54, 1.807) is 4.57 Å². The van der Waals surface area contributed by atoms with Gasteiger partial charge in [-0.2, -0.15) is 0 Å². The lowest BCUT2D eigenvalue weighted by atomic mass is 9.33. The van der Waals surface area contributed by atoms with E-state index in [9.17, 15) is 8.22 Å². The fourth-order valence-corrected chi connectivity index (χ4v) is 22.0. The molecule has 0 radical (unpaired) electrons. The Hall–Kier alpha value is -12.8. The first-order chi connectivity index (χ1) is 56.7. The maximum absolute atomic E-state index is 9.92. The first kappa shape index (κ1) is 58.4. The summed E-state index contributed by atoms with van der Waals surface area (Å²) in [5.74, 6) is 0. The number of hydrogen-bond donors (Lipinski definition) is 0. The Morgan fingerprint density at radius 2 is 0.642 bits per heavy atom. The Balaban J connectivity index is 0.980. The number of fused-ring (bicyclic) bond motifs is 7. The van der Waals surface area contributed by atoms with Crippen molar-refractivity contribution in [2.45, 2.75) is 52.4 Å². The summed E-state index contributed by atoms with van der Waals surface area (Å²) in [6.07, 6.45) is 0. The summed E-state index contributed by atoms with van der Waals surface area (Å²) in [6, 6.07) is 120. The average molecular weight is 1420 g/mol. The molecule has 2 aliphatic heterocycles. The molecular weight excluding hydrogens is 1330 g/mol. The Bertz CT molecular complexity index is 6490. The van der Waals surface area contributed by atoms with Gasteiger partial charge in [0, 0.05) is 61.5 Å². The summed E-state index contributed by atoms with van der Waals surface area (Å²) in [5, 5.41) is 5.12. The molecule has 0 saturated heterocycles. The third-order valence-corrected chi connectivity index (χ3v) is 27.3. The van der Waals surface area contributed by atoms with E-state index in [-0.39, 0.29) is 39.3 Å². The molecule has 5 heteroatoms. The van der Waals surface area contributed by atoms with Crippen LogP contribution in [0.25, 0.3) is 94.3 Å². The molecule has 520 valence electrons. The summed E-state index contributed by atoms with van der Waals surface area (Å²) in [5.41, 5.74) is 22.7. The van der Waals surface area contributed by atoms with Crippen molar-refractivity contribution in [1.29, 1.82) is 0 Å². The van der Waals surface area contributed by atoms with Crippen molar-refractivity contribution >= 4 is 108 Å². The van der Waals surface area contributed by atoms with E-state index >= 15 is 0 Å². The molecule has 0 atom stereocenters. The normalized spacial score (nSPS) is 13.7. The fraction of sp³-hybridized carbons (Fsp3) is 0.0769. The van der Waals surface area contributed by atoms with E-state index in [2.05, 4.69) is 385 Å². The molecule has 3 heterocycles. The van der Waals surface area contributed by atoms with E-state index in [4.69, 9.17) is 2.74 Å². The summed E-state index contributed by atoms with van der Waals surface area (Å²) in [6.45, 7) is 13.1. The molecule has 2 aliphatic rings. The van der Waals surface area contributed by atoms with Crippen molar-refractivity contribution in [2.75, 3.05) is 9.80 Å². The quantitative estimate of drug-likeness (QED) is 0.0842. The zero-order chi connectivity index (χ0) is 80.5. The first-order valence-electron chi connectivity index (χ1n) is 41.7. The minimum Gasteiger partial charge on any atom is -0.310 e. The third kappa shape index (κ3) is 11.4. The number of para-hydroxylation sites is 2. The molecule has 0 bridgehead atoms. The molecule has 17 aromatic rings. The van der Waals surface area contributed by atoms with Gasteiger partial charge in [0.1, 0.15) is 0 Å². The van der Waals surface area contributed by atoms with Crippen LogP contribution in [0.5, 0.6) is 0 Å². The standard InChI is InChI=1S/C104H82BN3Si/c1-103(2,3)79-66-90(75-41-21-10-22-42-75)102(91(67-79)76-43-23-11-24-44-76)108-97-70-81(106-94-53-33-31-51-86(94)87-52-32-34-54-95(87)106)58-61-92(97)105-93-65-77(72-55-59-85(60-56-72)109(82-45-25-12-26-46-82,83-47-27-13-28-48-83)84-49-29-14-30-50-84)57-62-96(93)107(98-68-80(104(4,5)6)69-99(108)100(98)105)101-88(73-37-17-8-18-38-73)63-78(71-35-15-7-16-36-71)64-89(101)74-39-19-9-20-40-74/h7-70H,1-6H3/i31D,32D,33D,34D,51D,52D,53D,54D. The van der Waals surface area contributed by atoms with E-state index in [1.165, 1.54) is 20.7 Å². The smallest absolute Gasteiger partial charge is 0.252 e. The third-order valence-electron chi connectivity index (χ3n) is 22.5. The van der Waals surface area contributed by atoms with Crippen LogP contribution in [-0.2, 0) is 10.8 Å². The first-order valence-corrected chi connectivity index (χ1v) is 39.7. The number of anilines is 6. The van der Waals surface area contributed by atoms with Crippen molar-refractivity contribution in [3.05, 3.63) is 399 Å². The molecule has 0 unspecified atom stereocenters. The van der Waals surface area contributed by atoms with Crippen LogP contribution < -0.4 is 46.9 Å². The largest absolute Gasteiger partial charge is 0.310 e. The van der Waals surface area contributed by atoms with Crippen LogP contribution >= 0.6 is 0 Å². The molecule has 0 aliphatic carbocycles. The highest BCUT2D eigenvalue weighted by atomic mass is 28.3. The molecule has 1 aromatic heterocycles. The summed E-state index contributed by atoms with van der Waals surface area (Å²) < 4.78 is 77.8. The summed E-state index contributed by atoms with van der Waals surface area (Å²) >= 11 is 0. The van der Waals surface area contributed by atoms with Crippen molar-refractivity contribution in [3.8, 4) is 72.4 Å². The van der Waals surface area contributed by atoms with E-state index in [0.29, 0.717) is 5.69 Å². The Kier molecular flexibility index (Phi) is 14.4. The monoisotopic (exact) mass is 1420 g/mol. The van der Waals surface area contributed by atoms with Gasteiger partial charge in [0.2, 0.25) is 0 Å². The van der Waals surface area contributed by atoms with Gasteiger partial charge in [-0.3, -0.25) is 0 Å². The Morgan fingerprint density at radius 1 is 0.284 bits per heavy atom. The predicted octanol–water partition coefficient (Wildman–Crippen LogP) is 22.8. The maximum atomic E-state index is 9.92. The van der Waals surface area contributed by atoms with E-state index in [0.717, 1.165) is 128 Å². The van der Waals surface area contributed by atoms with Gasteiger partial charge in [-0.25, -0.2) is 0 Å². The van der Waals surface area contributed by atoms with Crippen molar-refractivity contribution in [1.82, 2.24) is 4.57 Å². The highest BCUT2D eigenvalue weighted by molar-refractivity contribution is 7.20. The minimum absolute atomic E-state index is 0.00881. The summed E-state index contributed by atoms with van der Waals surface area (Å²) in [7, 11) is -2.96. The minimum atomic E-state index is -2.96. The second-order valence-electron chi connectivity index (χ2n) is 30.9. The van der Waals surface area contributed by atoms with Crippen molar-refractivity contribution in [2.24, 2.45) is 0 Å². The second kappa shape index (κ2) is 26.9. The lowest BCUT2D eigenvalue weighted by molar-refractivity contribution is 0.590. The van der Waals surface area contributed by atoms with Gasteiger partial charge in [-0.1, -0.05) is 363 Å². The van der Waals surface area contributed by atoms with Crippen LogP contribution in [0.2, 0.25) is 0 Å². The number of nitrogens with zero attached hydrogens (tertiary/aromatic N) is 3. The molecule has 16 aromatic carbocycles. The Labute approximate surface area is 653 Å². The number of aromatic nitrogens is 1. The van der Waals surface area contributed by atoms with Crippen LogP contribution in [0.15, 0.2) is 388 Å². The van der Waals surface area contributed by atoms with Crippen molar-refractivity contribution < 1.29 is 11.0 Å². The van der Waals surface area contributed by atoms with E-state index < -0.39 is 56.5 Å². The van der Waals surface area contributed by atoms with Crippen LogP contribution in [0.4, 0.5) is 34.1 Å². The molecule has 0 spiro atoms. The SMILES string of the molecule is [2H]c1c([2H])c([2H])c2c(c1[2H])c1c([2H])c([2H])c([2H])c([2H])c1n2-c1ccc2c(c1)N(c1c(-c3ccccc3)cc(C(C)(C)C)cc1-c1ccccc1)c1cc(C(C)(C)C)cc3c1B2c1cc(-c2ccc([Si](c4ccccc4)(c4ccccc4)c4ccccc4)cc2)ccc1N3c1c(-c2ccccc2)cc(-c2ccccc2)cc1-c1ccccc1. The predicted molar refractivity (Wildman–Crippen MR) is 468 cm³/mol. The molecule has 3 nitrogen and oxygen atoms in total. The van der Waals surface area contributed by atoms with Crippen molar-refractivity contribution in [3.63, 3.8) is 0 Å². The lowest BCUT2D eigenvalue weighted by Gasteiger charge is -2.46. The molecule has 0 N–H and O–H groups in total. The molecular formula is C104H82BN3Si. The number of rotatable bonds is 13. The van der Waals surface area contributed by atoms with Crippen LogP contribution in [0.3, 0.4) is 0 Å². The van der Waals surface area contributed by atoms with Crippen LogP contribution in [0, 0.1) is 0 Å². The summed E-state index contributed by atoms with van der Waals surface area (Å²) in [4.78, 5) is 5.06. The molecule has 19 rings (SSSR count). The molecule has 0 saturated carbocycles. The zero-order valence-corrected chi connectivity index (χ0v) is 62.8. The van der Waals surface area contributed by atoms with E-state index in [1.807, 2.05) is 6.07 Å². The lowest BCUT2D eigenvalue weighted by Crippen LogP contribution is -2.74. The van der Waals surface area contributed by atoms with Gasteiger partial charge in [0.25, 0.3) is 6.71 Å². The average Bonchev–Trinajstić information content (AvgIpc) is 1.57. The van der Waals surface area contributed by atoms with Gasteiger partial charge in [-0.15, -0.1) is 0 Å². The Morgan fingerprint density at radius 3 is 1.07 bits per heavy atom. The maximum Gasteiger partial charge on any atom is 0.252 e. The van der Waals surface area contributed by atoms with Gasteiger partial charge >= 0.3 is 0 Å². The zero-order valence-electron chi connectivity index (χ0n) is 69.8. The van der Waals surface area contributed by atoms with Gasteiger partial charge in [0.05, 0.1) is 33.4 Å².